The fourth-order valence-corrected chi connectivity index (χ4v) is 2.19. The summed E-state index contributed by atoms with van der Waals surface area (Å²) in [5.41, 5.74) is 0. The van der Waals surface area contributed by atoms with Crippen molar-refractivity contribution in [2.24, 2.45) is 0 Å². The van der Waals surface area contributed by atoms with Crippen molar-refractivity contribution in [2.45, 2.75) is 52.2 Å². The monoisotopic (exact) mass is 242 g/mol. The molecule has 0 saturated carbocycles. The molecule has 1 amide bonds. The molecule has 0 aromatic rings. The first-order valence-electron chi connectivity index (χ1n) is 6.82. The zero-order chi connectivity index (χ0) is 12.7. The minimum absolute atomic E-state index is 0.103. The number of hydrogen-bond acceptors (Lipinski definition) is 3. The molecule has 0 aliphatic carbocycles. The molecule has 100 valence electrons. The Kier molecular flexibility index (Phi) is 6.52. The minimum atomic E-state index is -0.321. The van der Waals surface area contributed by atoms with Crippen molar-refractivity contribution in [3.05, 3.63) is 0 Å². The normalized spacial score (nSPS) is 22.2. The van der Waals surface area contributed by atoms with Gasteiger partial charge < -0.3 is 15.0 Å². The molecule has 1 aliphatic rings. The van der Waals surface area contributed by atoms with Crippen molar-refractivity contribution in [3.8, 4) is 0 Å². The van der Waals surface area contributed by atoms with Crippen molar-refractivity contribution in [1.82, 2.24) is 10.2 Å². The number of amides is 1. The molecule has 4 heteroatoms. The van der Waals surface area contributed by atoms with Crippen LogP contribution in [0.25, 0.3) is 0 Å². The number of piperidine rings is 1. The molecule has 1 N–H and O–H groups in total. The maximum atomic E-state index is 12.0. The molecule has 17 heavy (non-hydrogen) atoms. The molecule has 1 aliphatic heterocycles. The Morgan fingerprint density at radius 1 is 1.41 bits per heavy atom. The van der Waals surface area contributed by atoms with E-state index in [1.165, 1.54) is 12.8 Å². The van der Waals surface area contributed by atoms with Crippen LogP contribution in [0.2, 0.25) is 0 Å². The van der Waals surface area contributed by atoms with Crippen LogP contribution in [-0.4, -0.2) is 49.2 Å². The summed E-state index contributed by atoms with van der Waals surface area (Å²) in [6.07, 6.45) is 3.36. The Labute approximate surface area is 105 Å². The third-order valence-corrected chi connectivity index (χ3v) is 3.38. The average Bonchev–Trinajstić information content (AvgIpc) is 2.38. The van der Waals surface area contributed by atoms with Gasteiger partial charge >= 0.3 is 0 Å². The second kappa shape index (κ2) is 7.67. The van der Waals surface area contributed by atoms with Crippen LogP contribution >= 0.6 is 0 Å². The Morgan fingerprint density at radius 3 is 2.65 bits per heavy atom. The summed E-state index contributed by atoms with van der Waals surface area (Å²) in [6.45, 7) is 9.08. The average molecular weight is 242 g/mol. The molecule has 0 spiro atoms. The van der Waals surface area contributed by atoms with E-state index in [9.17, 15) is 4.79 Å². The molecule has 1 heterocycles. The molecule has 0 bridgehead atoms. The highest BCUT2D eigenvalue weighted by molar-refractivity contribution is 5.80. The highest BCUT2D eigenvalue weighted by Crippen LogP contribution is 2.08. The standard InChI is InChI=1S/C13H26N2O2/c1-4-15(5-2)13(16)11(3)17-10-12-8-6-7-9-14-12/h11-12,14H,4-10H2,1-3H3. The van der Waals surface area contributed by atoms with Crippen molar-refractivity contribution in [1.29, 1.82) is 0 Å². The summed E-state index contributed by atoms with van der Waals surface area (Å²) in [5.74, 6) is 0.103. The zero-order valence-electron chi connectivity index (χ0n) is 11.4. The van der Waals surface area contributed by atoms with E-state index in [2.05, 4.69) is 5.32 Å². The van der Waals surface area contributed by atoms with Gasteiger partial charge in [0.05, 0.1) is 6.61 Å². The number of nitrogens with zero attached hydrogens (tertiary/aromatic N) is 1. The third kappa shape index (κ3) is 4.64. The van der Waals surface area contributed by atoms with E-state index in [4.69, 9.17) is 4.74 Å². The van der Waals surface area contributed by atoms with Gasteiger partial charge in [-0.3, -0.25) is 4.79 Å². The first-order chi connectivity index (χ1) is 8.19. The lowest BCUT2D eigenvalue weighted by Gasteiger charge is -2.27. The van der Waals surface area contributed by atoms with Gasteiger partial charge in [-0.25, -0.2) is 0 Å². The molecule has 4 nitrogen and oxygen atoms in total. The smallest absolute Gasteiger partial charge is 0.251 e. The van der Waals surface area contributed by atoms with Gasteiger partial charge in [-0.1, -0.05) is 6.42 Å². The summed E-state index contributed by atoms with van der Waals surface area (Å²) < 4.78 is 5.67. The minimum Gasteiger partial charge on any atom is -0.367 e. The molecule has 1 rings (SSSR count). The molecular formula is C13H26N2O2. The highest BCUT2D eigenvalue weighted by atomic mass is 16.5. The van der Waals surface area contributed by atoms with E-state index >= 15 is 0 Å². The molecule has 1 saturated heterocycles. The second-order valence-electron chi connectivity index (χ2n) is 4.63. The first-order valence-corrected chi connectivity index (χ1v) is 6.82. The van der Waals surface area contributed by atoms with Crippen LogP contribution in [0.5, 0.6) is 0 Å². The number of likely N-dealkylation sites (N-methyl/N-ethyl adjacent to an activating group) is 1. The number of carbonyl (C=O) groups is 1. The molecule has 0 radical (unpaired) electrons. The van der Waals surface area contributed by atoms with Crippen LogP contribution in [0.4, 0.5) is 0 Å². The van der Waals surface area contributed by atoms with E-state index in [0.717, 1.165) is 26.1 Å². The van der Waals surface area contributed by atoms with Gasteiger partial charge in [0.1, 0.15) is 6.10 Å². The highest BCUT2D eigenvalue weighted by Gasteiger charge is 2.20. The lowest BCUT2D eigenvalue weighted by Crippen LogP contribution is -2.42. The molecule has 2 unspecified atom stereocenters. The van der Waals surface area contributed by atoms with Crippen LogP contribution < -0.4 is 5.32 Å². The topological polar surface area (TPSA) is 41.6 Å². The van der Waals surface area contributed by atoms with E-state index < -0.39 is 0 Å². The van der Waals surface area contributed by atoms with Gasteiger partial charge in [0.2, 0.25) is 0 Å². The van der Waals surface area contributed by atoms with Crippen LogP contribution in [0.15, 0.2) is 0 Å². The number of carbonyl (C=O) groups excluding carboxylic acids is 1. The van der Waals surface area contributed by atoms with Gasteiger partial charge in [-0.2, -0.15) is 0 Å². The first kappa shape index (κ1) is 14.5. The lowest BCUT2D eigenvalue weighted by atomic mass is 10.1. The SMILES string of the molecule is CCN(CC)C(=O)C(C)OCC1CCCCN1. The number of nitrogens with one attached hydrogen (secondary N) is 1. The van der Waals surface area contributed by atoms with Gasteiger partial charge in [0.15, 0.2) is 0 Å². The fourth-order valence-electron chi connectivity index (χ4n) is 2.19. The van der Waals surface area contributed by atoms with Crippen LogP contribution in [0.3, 0.4) is 0 Å². The zero-order valence-corrected chi connectivity index (χ0v) is 11.4. The largest absolute Gasteiger partial charge is 0.367 e. The summed E-state index contributed by atoms with van der Waals surface area (Å²) >= 11 is 0. The molecule has 1 fully saturated rings. The molecule has 0 aromatic heterocycles. The number of hydrogen-bond donors (Lipinski definition) is 1. The molecular weight excluding hydrogens is 216 g/mol. The van der Waals surface area contributed by atoms with Gasteiger partial charge in [0, 0.05) is 19.1 Å². The third-order valence-electron chi connectivity index (χ3n) is 3.38. The van der Waals surface area contributed by atoms with E-state index in [-0.39, 0.29) is 12.0 Å². The van der Waals surface area contributed by atoms with Crippen molar-refractivity contribution < 1.29 is 9.53 Å². The maximum Gasteiger partial charge on any atom is 0.251 e. The van der Waals surface area contributed by atoms with Gasteiger partial charge in [-0.15, -0.1) is 0 Å². The van der Waals surface area contributed by atoms with Crippen LogP contribution in [0.1, 0.15) is 40.0 Å². The van der Waals surface area contributed by atoms with Gasteiger partial charge in [0.25, 0.3) is 5.91 Å². The lowest BCUT2D eigenvalue weighted by molar-refractivity contribution is -0.142. The molecule has 2 atom stereocenters. The molecule has 0 aromatic carbocycles. The quantitative estimate of drug-likeness (QED) is 0.765. The van der Waals surface area contributed by atoms with E-state index in [1.807, 2.05) is 25.7 Å². The maximum absolute atomic E-state index is 12.0. The van der Waals surface area contributed by atoms with Gasteiger partial charge in [-0.05, 0) is 40.2 Å². The second-order valence-corrected chi connectivity index (χ2v) is 4.63. The van der Waals surface area contributed by atoms with Crippen LogP contribution in [0, 0.1) is 0 Å². The Bertz CT molecular complexity index is 223. The fraction of sp³-hybridized carbons (Fsp3) is 0.923. The van der Waals surface area contributed by atoms with Crippen LogP contribution in [-0.2, 0) is 9.53 Å². The predicted octanol–water partition coefficient (Wildman–Crippen LogP) is 1.40. The Morgan fingerprint density at radius 2 is 2.12 bits per heavy atom. The van der Waals surface area contributed by atoms with Crippen molar-refractivity contribution in [2.75, 3.05) is 26.2 Å². The van der Waals surface area contributed by atoms with E-state index in [1.54, 1.807) is 0 Å². The number of rotatable bonds is 6. The van der Waals surface area contributed by atoms with Crippen molar-refractivity contribution >= 4 is 5.91 Å². The van der Waals surface area contributed by atoms with E-state index in [0.29, 0.717) is 12.6 Å². The van der Waals surface area contributed by atoms with Crippen molar-refractivity contribution in [3.63, 3.8) is 0 Å². The summed E-state index contributed by atoms with van der Waals surface area (Å²) in [6, 6.07) is 0.427. The predicted molar refractivity (Wildman–Crippen MR) is 69.0 cm³/mol. The summed E-state index contributed by atoms with van der Waals surface area (Å²) in [4.78, 5) is 13.8. The Hall–Kier alpha value is -0.610. The Balaban J connectivity index is 2.27. The summed E-state index contributed by atoms with van der Waals surface area (Å²) in [7, 11) is 0. The summed E-state index contributed by atoms with van der Waals surface area (Å²) in [5, 5.41) is 3.42. The number of ether oxygens (including phenoxy) is 1.